The van der Waals surface area contributed by atoms with Crippen LogP contribution in [-0.4, -0.2) is 25.2 Å². The molecule has 0 bridgehead atoms. The molecule has 0 spiro atoms. The Hall–Kier alpha value is -1.03. The Kier molecular flexibility index (Phi) is 3.76. The second-order valence-corrected chi connectivity index (χ2v) is 6.52. The molecule has 0 saturated heterocycles. The molecule has 0 N–H and O–H groups in total. The van der Waals surface area contributed by atoms with Gasteiger partial charge in [0.2, 0.25) is 0 Å². The first kappa shape index (κ1) is 13.9. The number of aryl methyl sites for hydroxylation is 3. The van der Waals surface area contributed by atoms with E-state index in [0.717, 1.165) is 29.4 Å². The van der Waals surface area contributed by atoms with E-state index in [2.05, 4.69) is 16.6 Å². The van der Waals surface area contributed by atoms with Crippen molar-refractivity contribution in [3.05, 3.63) is 11.5 Å². The van der Waals surface area contributed by atoms with E-state index in [1.54, 1.807) is 0 Å². The van der Waals surface area contributed by atoms with Gasteiger partial charge in [0.1, 0.15) is 11.3 Å². The fourth-order valence-electron chi connectivity index (χ4n) is 3.62. The first-order valence-electron chi connectivity index (χ1n) is 7.58. The Morgan fingerprint density at radius 3 is 2.85 bits per heavy atom. The lowest BCUT2D eigenvalue weighted by Crippen LogP contribution is -2.21. The average molecular weight is 295 g/mol. The van der Waals surface area contributed by atoms with Crippen molar-refractivity contribution in [3.63, 3.8) is 0 Å². The highest BCUT2D eigenvalue weighted by Gasteiger charge is 2.26. The summed E-state index contributed by atoms with van der Waals surface area (Å²) in [6, 6.07) is 0.553. The lowest BCUT2D eigenvalue weighted by atomic mass is 9.87. The van der Waals surface area contributed by atoms with Crippen LogP contribution in [-0.2, 0) is 13.5 Å². The van der Waals surface area contributed by atoms with Crippen molar-refractivity contribution < 1.29 is 0 Å². The Morgan fingerprint density at radius 2 is 2.15 bits per heavy atom. The molecule has 110 valence electrons. The number of halogens is 1. The van der Waals surface area contributed by atoms with Crippen molar-refractivity contribution in [2.24, 2.45) is 13.0 Å². The zero-order chi connectivity index (χ0) is 14.3. The van der Waals surface area contributed by atoms with Crippen LogP contribution in [0, 0.1) is 12.8 Å². The monoisotopic (exact) mass is 294 g/mol. The number of hydrogen-bond acceptors (Lipinski definition) is 2. The van der Waals surface area contributed by atoms with Gasteiger partial charge in [-0.1, -0.05) is 19.8 Å². The molecule has 4 nitrogen and oxygen atoms in total. The number of fused-ring (bicyclic) bond motifs is 1. The van der Waals surface area contributed by atoms with Gasteiger partial charge in [0, 0.05) is 25.4 Å². The minimum atomic E-state index is 0.553. The van der Waals surface area contributed by atoms with E-state index in [9.17, 15) is 0 Å². The predicted octanol–water partition coefficient (Wildman–Crippen LogP) is 3.61. The Balaban J connectivity index is 2.12. The third kappa shape index (κ3) is 2.24. The summed E-state index contributed by atoms with van der Waals surface area (Å²) in [6.45, 7) is 4.39. The summed E-state index contributed by atoms with van der Waals surface area (Å²) < 4.78 is 4.40. The summed E-state index contributed by atoms with van der Waals surface area (Å²) in [5.41, 5.74) is 3.23. The first-order valence-corrected chi connectivity index (χ1v) is 8.11. The van der Waals surface area contributed by atoms with Crippen LogP contribution < -0.4 is 0 Å². The SMILES string of the molecule is Cc1nn(C)c2c1nc(CCCl)n2C1CCCC(C)C1. The quantitative estimate of drug-likeness (QED) is 0.811. The highest BCUT2D eigenvalue weighted by molar-refractivity contribution is 6.17. The van der Waals surface area contributed by atoms with E-state index < -0.39 is 0 Å². The third-order valence-electron chi connectivity index (χ3n) is 4.50. The lowest BCUT2D eigenvalue weighted by molar-refractivity contribution is 0.281. The summed E-state index contributed by atoms with van der Waals surface area (Å²) in [7, 11) is 2.02. The molecule has 2 aromatic heterocycles. The van der Waals surface area contributed by atoms with E-state index in [-0.39, 0.29) is 0 Å². The number of imidazole rings is 1. The van der Waals surface area contributed by atoms with Gasteiger partial charge in [-0.3, -0.25) is 4.68 Å². The van der Waals surface area contributed by atoms with Crippen molar-refractivity contribution in [1.29, 1.82) is 0 Å². The predicted molar refractivity (Wildman–Crippen MR) is 82.3 cm³/mol. The fraction of sp³-hybridized carbons (Fsp3) is 0.733. The van der Waals surface area contributed by atoms with Crippen LogP contribution in [0.5, 0.6) is 0 Å². The number of alkyl halides is 1. The van der Waals surface area contributed by atoms with Gasteiger partial charge in [0.25, 0.3) is 0 Å². The van der Waals surface area contributed by atoms with E-state index in [0.29, 0.717) is 11.9 Å². The molecule has 1 saturated carbocycles. The minimum absolute atomic E-state index is 0.553. The van der Waals surface area contributed by atoms with Gasteiger partial charge in [0.15, 0.2) is 5.65 Å². The Bertz CT molecular complexity index is 613. The standard InChI is InChI=1S/C15H23ClN4/c1-10-5-4-6-12(9-10)20-13(7-8-16)17-14-11(2)18-19(3)15(14)20/h10,12H,4-9H2,1-3H3. The largest absolute Gasteiger partial charge is 0.310 e. The van der Waals surface area contributed by atoms with Gasteiger partial charge >= 0.3 is 0 Å². The summed E-state index contributed by atoms with van der Waals surface area (Å²) in [5, 5.41) is 4.53. The van der Waals surface area contributed by atoms with Crippen molar-refractivity contribution in [3.8, 4) is 0 Å². The molecule has 0 amide bonds. The second-order valence-electron chi connectivity index (χ2n) is 6.14. The minimum Gasteiger partial charge on any atom is -0.310 e. The molecular weight excluding hydrogens is 272 g/mol. The molecule has 20 heavy (non-hydrogen) atoms. The first-order chi connectivity index (χ1) is 9.61. The van der Waals surface area contributed by atoms with Crippen molar-refractivity contribution in [2.45, 2.75) is 52.0 Å². The Morgan fingerprint density at radius 1 is 1.35 bits per heavy atom. The molecule has 0 aromatic carbocycles. The second kappa shape index (κ2) is 5.40. The zero-order valence-corrected chi connectivity index (χ0v) is 13.3. The maximum Gasteiger partial charge on any atom is 0.158 e. The molecule has 2 heterocycles. The number of aromatic nitrogens is 4. The average Bonchev–Trinajstić information content (AvgIpc) is 2.89. The highest BCUT2D eigenvalue weighted by Crippen LogP contribution is 2.35. The van der Waals surface area contributed by atoms with Gasteiger partial charge < -0.3 is 4.57 Å². The van der Waals surface area contributed by atoms with Crippen molar-refractivity contribution >= 4 is 22.8 Å². The maximum absolute atomic E-state index is 5.97. The van der Waals surface area contributed by atoms with Gasteiger partial charge in [-0.2, -0.15) is 5.10 Å². The fourth-order valence-corrected chi connectivity index (χ4v) is 3.79. The molecule has 3 rings (SSSR count). The van der Waals surface area contributed by atoms with Gasteiger partial charge in [-0.05, 0) is 25.7 Å². The Labute approximate surface area is 125 Å². The third-order valence-corrected chi connectivity index (χ3v) is 4.69. The van der Waals surface area contributed by atoms with E-state index >= 15 is 0 Å². The van der Waals surface area contributed by atoms with Crippen LogP contribution in [0.4, 0.5) is 0 Å². The van der Waals surface area contributed by atoms with Crippen molar-refractivity contribution in [2.75, 3.05) is 5.88 Å². The van der Waals surface area contributed by atoms with Crippen LogP contribution in [0.2, 0.25) is 0 Å². The number of nitrogens with zero attached hydrogens (tertiary/aromatic N) is 4. The molecule has 0 aliphatic heterocycles. The van der Waals surface area contributed by atoms with Gasteiger partial charge in [-0.15, -0.1) is 11.6 Å². The molecule has 1 aliphatic rings. The van der Waals surface area contributed by atoms with E-state index in [1.165, 1.54) is 31.3 Å². The lowest BCUT2D eigenvalue weighted by Gasteiger charge is -2.29. The van der Waals surface area contributed by atoms with Crippen LogP contribution in [0.3, 0.4) is 0 Å². The van der Waals surface area contributed by atoms with Gasteiger partial charge in [-0.25, -0.2) is 4.98 Å². The molecule has 1 fully saturated rings. The molecule has 2 aromatic rings. The summed E-state index contributed by atoms with van der Waals surface area (Å²) in [5.74, 6) is 2.55. The molecule has 5 heteroatoms. The van der Waals surface area contributed by atoms with Crippen molar-refractivity contribution in [1.82, 2.24) is 19.3 Å². The maximum atomic E-state index is 5.97. The number of hydrogen-bond donors (Lipinski definition) is 0. The summed E-state index contributed by atoms with van der Waals surface area (Å²) in [4.78, 5) is 4.82. The molecule has 0 radical (unpaired) electrons. The van der Waals surface area contributed by atoms with Crippen LogP contribution in [0.1, 0.15) is 50.2 Å². The van der Waals surface area contributed by atoms with E-state index in [4.69, 9.17) is 16.6 Å². The smallest absolute Gasteiger partial charge is 0.158 e. The zero-order valence-electron chi connectivity index (χ0n) is 12.6. The van der Waals surface area contributed by atoms with Gasteiger partial charge in [0.05, 0.1) is 5.69 Å². The molecular formula is C15H23ClN4. The number of rotatable bonds is 3. The van der Waals surface area contributed by atoms with Crippen LogP contribution in [0.25, 0.3) is 11.2 Å². The molecule has 1 aliphatic carbocycles. The topological polar surface area (TPSA) is 35.6 Å². The highest BCUT2D eigenvalue weighted by atomic mass is 35.5. The van der Waals surface area contributed by atoms with Crippen LogP contribution >= 0.6 is 11.6 Å². The molecule has 2 atom stereocenters. The normalized spacial score (nSPS) is 23.6. The summed E-state index contributed by atoms with van der Waals surface area (Å²) in [6.07, 6.45) is 5.98. The summed E-state index contributed by atoms with van der Waals surface area (Å²) >= 11 is 5.97. The van der Waals surface area contributed by atoms with Crippen LogP contribution in [0.15, 0.2) is 0 Å². The van der Waals surface area contributed by atoms with E-state index in [1.807, 2.05) is 18.7 Å². The molecule has 2 unspecified atom stereocenters.